The zero-order valence-electron chi connectivity index (χ0n) is 10.8. The molecule has 1 heterocycles. The van der Waals surface area contributed by atoms with Gasteiger partial charge in [0.05, 0.1) is 5.02 Å². The molecule has 0 atom stereocenters. The van der Waals surface area contributed by atoms with E-state index in [0.29, 0.717) is 23.6 Å². The minimum atomic E-state index is -0.416. The van der Waals surface area contributed by atoms with Crippen molar-refractivity contribution < 1.29 is 4.39 Å². The van der Waals surface area contributed by atoms with Gasteiger partial charge in [-0.2, -0.15) is 0 Å². The van der Waals surface area contributed by atoms with E-state index in [2.05, 4.69) is 15.4 Å². The van der Waals surface area contributed by atoms with Crippen molar-refractivity contribution >= 4 is 17.4 Å². The highest BCUT2D eigenvalue weighted by Crippen LogP contribution is 2.27. The number of fused-ring (bicyclic) bond motifs is 1. The Balaban J connectivity index is 1.97. The molecule has 1 aliphatic rings. The number of hydrogen-bond donors (Lipinski definition) is 2. The van der Waals surface area contributed by atoms with Gasteiger partial charge in [0.15, 0.2) is 0 Å². The van der Waals surface area contributed by atoms with Gasteiger partial charge in [0.1, 0.15) is 17.5 Å². The topological polar surface area (TPSA) is 63.8 Å². The van der Waals surface area contributed by atoms with Gasteiger partial charge in [-0.1, -0.05) is 23.7 Å². The number of rotatable bonds is 3. The first kappa shape index (κ1) is 13.3. The standard InChI is InChI=1S/C14H14ClFN4/c15-10-5-1-3-8(13(10)16)7-12-18-11-6-2-4-9(11)14(19-12)20-17/h1,3,5H,2,4,6-7,17H2,(H,18,19,20). The van der Waals surface area contributed by atoms with Crippen molar-refractivity contribution in [2.45, 2.75) is 25.7 Å². The Kier molecular flexibility index (Phi) is 3.54. The first-order valence-corrected chi connectivity index (χ1v) is 6.85. The van der Waals surface area contributed by atoms with E-state index in [1.54, 1.807) is 12.1 Å². The SMILES string of the molecule is NNc1nc(Cc2cccc(Cl)c2F)nc2c1CCC2. The third-order valence-corrected chi connectivity index (χ3v) is 3.79. The highest BCUT2D eigenvalue weighted by Gasteiger charge is 2.19. The molecule has 0 aliphatic heterocycles. The average molecular weight is 293 g/mol. The van der Waals surface area contributed by atoms with Gasteiger partial charge in [-0.15, -0.1) is 0 Å². The van der Waals surface area contributed by atoms with Gasteiger partial charge in [-0.25, -0.2) is 20.2 Å². The lowest BCUT2D eigenvalue weighted by molar-refractivity contribution is 0.612. The number of nitrogens with one attached hydrogen (secondary N) is 1. The molecule has 3 N–H and O–H groups in total. The van der Waals surface area contributed by atoms with Crippen LogP contribution in [0.1, 0.15) is 29.1 Å². The van der Waals surface area contributed by atoms with Gasteiger partial charge in [0.25, 0.3) is 0 Å². The van der Waals surface area contributed by atoms with E-state index in [1.807, 2.05) is 0 Å². The van der Waals surface area contributed by atoms with Crippen LogP contribution in [-0.2, 0) is 19.3 Å². The number of hydrogen-bond acceptors (Lipinski definition) is 4. The molecule has 2 aromatic rings. The number of nitrogens with two attached hydrogens (primary N) is 1. The van der Waals surface area contributed by atoms with Gasteiger partial charge in [-0.3, -0.25) is 0 Å². The molecular weight excluding hydrogens is 279 g/mol. The summed E-state index contributed by atoms with van der Waals surface area (Å²) in [7, 11) is 0. The summed E-state index contributed by atoms with van der Waals surface area (Å²) < 4.78 is 13.9. The van der Waals surface area contributed by atoms with Gasteiger partial charge in [0.2, 0.25) is 0 Å². The number of benzene rings is 1. The summed E-state index contributed by atoms with van der Waals surface area (Å²) in [5.41, 5.74) is 5.17. The quantitative estimate of drug-likeness (QED) is 0.674. The number of aryl methyl sites for hydroxylation is 1. The molecule has 6 heteroatoms. The van der Waals surface area contributed by atoms with E-state index >= 15 is 0 Å². The van der Waals surface area contributed by atoms with Crippen LogP contribution in [0.15, 0.2) is 18.2 Å². The first-order chi connectivity index (χ1) is 9.69. The lowest BCUT2D eigenvalue weighted by Crippen LogP contribution is -2.14. The molecule has 4 nitrogen and oxygen atoms in total. The van der Waals surface area contributed by atoms with E-state index in [1.165, 1.54) is 6.07 Å². The van der Waals surface area contributed by atoms with Crippen LogP contribution in [0, 0.1) is 5.82 Å². The minimum Gasteiger partial charge on any atom is -0.308 e. The van der Waals surface area contributed by atoms with Crippen molar-refractivity contribution in [3.8, 4) is 0 Å². The molecule has 0 fully saturated rings. The summed E-state index contributed by atoms with van der Waals surface area (Å²) in [5.74, 6) is 6.29. The van der Waals surface area contributed by atoms with Crippen LogP contribution in [0.3, 0.4) is 0 Å². The summed E-state index contributed by atoms with van der Waals surface area (Å²) in [4.78, 5) is 8.88. The molecule has 20 heavy (non-hydrogen) atoms. The van der Waals surface area contributed by atoms with Crippen molar-refractivity contribution in [2.75, 3.05) is 5.43 Å². The fourth-order valence-corrected chi connectivity index (χ4v) is 2.73. The molecule has 1 aromatic heterocycles. The second-order valence-corrected chi connectivity index (χ2v) is 5.21. The Hall–Kier alpha value is -1.72. The summed E-state index contributed by atoms with van der Waals surface area (Å²) in [6.45, 7) is 0. The Labute approximate surface area is 121 Å². The maximum Gasteiger partial charge on any atom is 0.147 e. The molecule has 0 saturated carbocycles. The predicted molar refractivity (Wildman–Crippen MR) is 76.1 cm³/mol. The molecule has 0 radical (unpaired) electrons. The van der Waals surface area contributed by atoms with Crippen LogP contribution in [0.25, 0.3) is 0 Å². The lowest BCUT2D eigenvalue weighted by Gasteiger charge is -2.10. The first-order valence-electron chi connectivity index (χ1n) is 6.47. The summed E-state index contributed by atoms with van der Waals surface area (Å²) in [6.07, 6.45) is 3.19. The average Bonchev–Trinajstić information content (AvgIpc) is 2.91. The number of halogens is 2. The second-order valence-electron chi connectivity index (χ2n) is 4.80. The molecule has 3 rings (SSSR count). The van der Waals surface area contributed by atoms with Crippen LogP contribution in [0.2, 0.25) is 5.02 Å². The third-order valence-electron chi connectivity index (χ3n) is 3.50. The smallest absolute Gasteiger partial charge is 0.147 e. The van der Waals surface area contributed by atoms with E-state index in [-0.39, 0.29) is 5.02 Å². The van der Waals surface area contributed by atoms with Crippen molar-refractivity contribution in [3.05, 3.63) is 51.7 Å². The van der Waals surface area contributed by atoms with Crippen LogP contribution in [0.5, 0.6) is 0 Å². The minimum absolute atomic E-state index is 0.112. The summed E-state index contributed by atoms with van der Waals surface area (Å²) in [5, 5.41) is 0.112. The lowest BCUT2D eigenvalue weighted by atomic mass is 10.1. The third kappa shape index (κ3) is 2.34. The highest BCUT2D eigenvalue weighted by molar-refractivity contribution is 6.30. The fourth-order valence-electron chi connectivity index (χ4n) is 2.54. The van der Waals surface area contributed by atoms with E-state index < -0.39 is 5.82 Å². The van der Waals surface area contributed by atoms with Crippen molar-refractivity contribution in [1.82, 2.24) is 9.97 Å². The van der Waals surface area contributed by atoms with Crippen molar-refractivity contribution in [1.29, 1.82) is 0 Å². The van der Waals surface area contributed by atoms with Crippen LogP contribution in [0.4, 0.5) is 10.2 Å². The van der Waals surface area contributed by atoms with E-state index in [4.69, 9.17) is 17.4 Å². The largest absolute Gasteiger partial charge is 0.308 e. The number of nitrogen functional groups attached to an aromatic ring is 1. The van der Waals surface area contributed by atoms with Gasteiger partial charge in [-0.05, 0) is 30.9 Å². The van der Waals surface area contributed by atoms with Gasteiger partial charge in [0, 0.05) is 17.7 Å². The predicted octanol–water partition coefficient (Wildman–Crippen LogP) is 2.63. The van der Waals surface area contributed by atoms with Crippen LogP contribution < -0.4 is 11.3 Å². The van der Waals surface area contributed by atoms with Crippen molar-refractivity contribution in [2.24, 2.45) is 5.84 Å². The van der Waals surface area contributed by atoms with Gasteiger partial charge < -0.3 is 5.43 Å². The zero-order valence-corrected chi connectivity index (χ0v) is 11.5. The maximum atomic E-state index is 13.9. The number of hydrazine groups is 1. The number of anilines is 1. The Morgan fingerprint density at radius 2 is 2.15 bits per heavy atom. The van der Waals surface area contributed by atoms with Crippen LogP contribution in [-0.4, -0.2) is 9.97 Å². The zero-order chi connectivity index (χ0) is 14.1. The number of nitrogens with zero attached hydrogens (tertiary/aromatic N) is 2. The molecule has 0 bridgehead atoms. The second kappa shape index (κ2) is 5.34. The maximum absolute atomic E-state index is 13.9. The number of aromatic nitrogens is 2. The monoisotopic (exact) mass is 292 g/mol. The Morgan fingerprint density at radius 3 is 2.95 bits per heavy atom. The van der Waals surface area contributed by atoms with E-state index in [9.17, 15) is 4.39 Å². The fraction of sp³-hybridized carbons (Fsp3) is 0.286. The van der Waals surface area contributed by atoms with E-state index in [0.717, 1.165) is 30.5 Å². The highest BCUT2D eigenvalue weighted by atomic mass is 35.5. The van der Waals surface area contributed by atoms with Gasteiger partial charge >= 0.3 is 0 Å². The molecule has 0 saturated heterocycles. The van der Waals surface area contributed by atoms with Crippen LogP contribution >= 0.6 is 11.6 Å². The summed E-state index contributed by atoms with van der Waals surface area (Å²) in [6, 6.07) is 4.93. The Bertz CT molecular complexity index is 660. The van der Waals surface area contributed by atoms with Crippen molar-refractivity contribution in [3.63, 3.8) is 0 Å². The molecule has 1 aromatic carbocycles. The molecule has 0 unspecified atom stereocenters. The molecular formula is C14H14ClFN4. The molecule has 0 amide bonds. The molecule has 104 valence electrons. The molecule has 1 aliphatic carbocycles. The normalized spacial score (nSPS) is 13.3. The Morgan fingerprint density at radius 1 is 1.30 bits per heavy atom. The summed E-state index contributed by atoms with van der Waals surface area (Å²) >= 11 is 5.78. The molecule has 0 spiro atoms.